The van der Waals surface area contributed by atoms with Gasteiger partial charge in [0.05, 0.1) is 30.5 Å². The van der Waals surface area contributed by atoms with Crippen molar-refractivity contribution < 1.29 is 22.3 Å². The number of benzene rings is 1. The molecule has 2 N–H and O–H groups in total. The van der Waals surface area contributed by atoms with Gasteiger partial charge in [-0.2, -0.15) is 0 Å². The Kier molecular flexibility index (Phi) is 10.3. The van der Waals surface area contributed by atoms with E-state index in [1.54, 1.807) is 60.2 Å². The van der Waals surface area contributed by atoms with Crippen LogP contribution >= 0.6 is 0 Å². The molecule has 1 fully saturated rings. The number of aromatic nitrogens is 2. The fraction of sp³-hybridized carbons (Fsp3) is 0.519. The summed E-state index contributed by atoms with van der Waals surface area (Å²) >= 11 is 0. The highest BCUT2D eigenvalue weighted by Crippen LogP contribution is 2.38. The molecule has 37 heavy (non-hydrogen) atoms. The first kappa shape index (κ1) is 30.4. The van der Waals surface area contributed by atoms with Gasteiger partial charge in [0.25, 0.3) is 0 Å². The molecule has 0 bridgehead atoms. The van der Waals surface area contributed by atoms with Crippen LogP contribution in [0.2, 0.25) is 0 Å². The summed E-state index contributed by atoms with van der Waals surface area (Å²) in [5.41, 5.74) is 4.55. The number of sulfone groups is 1. The van der Waals surface area contributed by atoms with Crippen LogP contribution < -0.4 is 10.1 Å². The summed E-state index contributed by atoms with van der Waals surface area (Å²) in [6, 6.07) is 4.64. The second kappa shape index (κ2) is 12.6. The molecule has 0 aliphatic heterocycles. The summed E-state index contributed by atoms with van der Waals surface area (Å²) in [6.45, 7) is 8.40. The van der Waals surface area contributed by atoms with Crippen molar-refractivity contribution in [1.29, 1.82) is 5.41 Å². The van der Waals surface area contributed by atoms with E-state index in [9.17, 15) is 12.8 Å². The zero-order chi connectivity index (χ0) is 28.0. The molecule has 0 spiro atoms. The number of hydrogen-bond acceptors (Lipinski definition) is 8. The van der Waals surface area contributed by atoms with E-state index >= 15 is 0 Å². The maximum Gasteiger partial charge on any atom is 0.232 e. The summed E-state index contributed by atoms with van der Waals surface area (Å²) in [5.74, 6) is -0.868. The highest BCUT2D eigenvalue weighted by Gasteiger charge is 2.39. The third-order valence-corrected chi connectivity index (χ3v) is 9.09. The molecule has 10 heteroatoms. The van der Waals surface area contributed by atoms with Gasteiger partial charge in [-0.15, -0.1) is 0 Å². The zero-order valence-electron chi connectivity index (χ0n) is 23.0. The Morgan fingerprint density at radius 1 is 1.24 bits per heavy atom. The largest absolute Gasteiger partial charge is 0.480 e. The maximum atomic E-state index is 14.8. The summed E-state index contributed by atoms with van der Waals surface area (Å²) in [5, 5.41) is 11.4. The molecule has 1 aromatic heterocycles. The Morgan fingerprint density at radius 2 is 1.86 bits per heavy atom. The second-order valence-electron chi connectivity index (χ2n) is 9.62. The van der Waals surface area contributed by atoms with Gasteiger partial charge in [-0.1, -0.05) is 13.8 Å². The van der Waals surface area contributed by atoms with Crippen LogP contribution in [-0.4, -0.2) is 55.9 Å². The van der Waals surface area contributed by atoms with Gasteiger partial charge in [-0.05, 0) is 75.3 Å². The van der Waals surface area contributed by atoms with Crippen LogP contribution in [0.15, 0.2) is 30.0 Å². The topological polar surface area (TPSA) is 114 Å². The number of ether oxygens (including phenoxy) is 2. The number of allylic oxidation sites excluding steroid dienone is 1. The first-order chi connectivity index (χ1) is 17.3. The van der Waals surface area contributed by atoms with E-state index in [1.165, 1.54) is 18.7 Å². The Hall–Kier alpha value is -2.85. The standard InChI is InChI=1S/C25H33FN4O3S.C2H6O/c1-7-21(27)25(4,5)34(31,32)14-15(2)19-12-18(10-11-20(19)26)30-24(17-8-9-17)23-16(3)29-22(33-6)13-28-23;1-3-2/h10-13,15,27,30H,7-9,14H2,1-6H3;1-2H3. The van der Waals surface area contributed by atoms with Gasteiger partial charge in [0.15, 0.2) is 9.84 Å². The van der Waals surface area contributed by atoms with E-state index in [4.69, 9.17) is 10.1 Å². The van der Waals surface area contributed by atoms with Crippen LogP contribution in [0.25, 0.3) is 5.70 Å². The van der Waals surface area contributed by atoms with Crippen molar-refractivity contribution >= 4 is 26.9 Å². The highest BCUT2D eigenvalue weighted by molar-refractivity contribution is 7.93. The first-order valence-electron chi connectivity index (χ1n) is 12.2. The smallest absolute Gasteiger partial charge is 0.232 e. The van der Waals surface area contributed by atoms with Gasteiger partial charge in [0, 0.05) is 25.6 Å². The first-order valence-corrected chi connectivity index (χ1v) is 13.8. The van der Waals surface area contributed by atoms with Crippen molar-refractivity contribution in [1.82, 2.24) is 9.97 Å². The molecule has 8 nitrogen and oxygen atoms in total. The lowest BCUT2D eigenvalue weighted by Crippen LogP contribution is -2.42. The number of methoxy groups -OCH3 is 2. The Labute approximate surface area is 220 Å². The summed E-state index contributed by atoms with van der Waals surface area (Å²) in [7, 11) is 1.11. The molecule has 1 heterocycles. The lowest BCUT2D eigenvalue weighted by Gasteiger charge is -2.27. The minimum atomic E-state index is -3.68. The summed E-state index contributed by atoms with van der Waals surface area (Å²) < 4.78 is 49.0. The third kappa shape index (κ3) is 7.35. The molecule has 1 atom stereocenters. The molecular weight excluding hydrogens is 495 g/mol. The van der Waals surface area contributed by atoms with E-state index in [0.717, 1.165) is 18.5 Å². The van der Waals surface area contributed by atoms with E-state index < -0.39 is 26.3 Å². The fourth-order valence-corrected chi connectivity index (χ4v) is 5.59. The predicted molar refractivity (Wildman–Crippen MR) is 147 cm³/mol. The molecule has 1 aliphatic rings. The average molecular weight is 535 g/mol. The van der Waals surface area contributed by atoms with Crippen molar-refractivity contribution in [3.8, 4) is 5.88 Å². The molecule has 1 unspecified atom stereocenters. The van der Waals surface area contributed by atoms with Crippen molar-refractivity contribution in [2.45, 2.75) is 64.5 Å². The summed E-state index contributed by atoms with van der Waals surface area (Å²) in [6.07, 6.45) is 3.79. The molecule has 0 saturated heterocycles. The van der Waals surface area contributed by atoms with Crippen LogP contribution in [0.5, 0.6) is 5.88 Å². The van der Waals surface area contributed by atoms with E-state index in [2.05, 4.69) is 20.0 Å². The lowest BCUT2D eigenvalue weighted by molar-refractivity contribution is 0.277. The van der Waals surface area contributed by atoms with Crippen molar-refractivity contribution in [3.63, 3.8) is 0 Å². The normalized spacial score (nSPS) is 13.8. The average Bonchev–Trinajstić information content (AvgIpc) is 3.68. The molecule has 3 rings (SSSR count). The Bertz CT molecular complexity index is 1250. The van der Waals surface area contributed by atoms with E-state index in [-0.39, 0.29) is 11.5 Å². The maximum absolute atomic E-state index is 14.8. The number of rotatable bonds is 10. The van der Waals surface area contributed by atoms with E-state index in [1.807, 2.05) is 6.92 Å². The van der Waals surface area contributed by atoms with Gasteiger partial charge < -0.3 is 20.2 Å². The SMILES string of the molecule is CCC(=N)C(C)(C)S(=O)(=O)CC(C)c1cc(NC(=C2CC2)c2ncc(OC)nc2C)ccc1F.COC. The monoisotopic (exact) mass is 534 g/mol. The van der Waals surface area contributed by atoms with Gasteiger partial charge in [-0.3, -0.25) is 0 Å². The molecule has 1 aromatic carbocycles. The third-order valence-electron chi connectivity index (χ3n) is 6.35. The van der Waals surface area contributed by atoms with Crippen LogP contribution in [0.1, 0.15) is 69.8 Å². The van der Waals surface area contributed by atoms with Gasteiger partial charge in [0.2, 0.25) is 5.88 Å². The number of nitrogens with one attached hydrogen (secondary N) is 2. The van der Waals surface area contributed by atoms with Crippen molar-refractivity contribution in [2.24, 2.45) is 0 Å². The number of hydrogen-bond donors (Lipinski definition) is 2. The van der Waals surface area contributed by atoms with Crippen LogP contribution in [0.4, 0.5) is 10.1 Å². The van der Waals surface area contributed by atoms with Crippen LogP contribution in [-0.2, 0) is 14.6 Å². The number of nitrogens with zero attached hydrogens (tertiary/aromatic N) is 2. The van der Waals surface area contributed by atoms with Gasteiger partial charge >= 0.3 is 0 Å². The molecule has 0 radical (unpaired) electrons. The highest BCUT2D eigenvalue weighted by atomic mass is 32.2. The Balaban J connectivity index is 0.00000153. The summed E-state index contributed by atoms with van der Waals surface area (Å²) in [4.78, 5) is 8.91. The van der Waals surface area contributed by atoms with Gasteiger partial charge in [-0.25, -0.2) is 22.8 Å². The second-order valence-corrected chi connectivity index (χ2v) is 12.2. The molecule has 0 amide bonds. The minimum Gasteiger partial charge on any atom is -0.480 e. The molecule has 2 aromatic rings. The van der Waals surface area contributed by atoms with Crippen molar-refractivity contribution in [3.05, 3.63) is 52.7 Å². The zero-order valence-corrected chi connectivity index (χ0v) is 23.8. The number of anilines is 1. The number of halogens is 1. The number of aryl methyl sites for hydroxylation is 1. The van der Waals surface area contributed by atoms with Crippen molar-refractivity contribution in [2.75, 3.05) is 32.4 Å². The molecule has 1 aliphatic carbocycles. The molecule has 204 valence electrons. The lowest BCUT2D eigenvalue weighted by atomic mass is 10.0. The minimum absolute atomic E-state index is 0.146. The van der Waals surface area contributed by atoms with Gasteiger partial charge in [0.1, 0.15) is 16.3 Å². The van der Waals surface area contributed by atoms with E-state index in [0.29, 0.717) is 34.9 Å². The van der Waals surface area contributed by atoms with Crippen LogP contribution in [0, 0.1) is 18.2 Å². The Morgan fingerprint density at radius 3 is 2.38 bits per heavy atom. The quantitative estimate of drug-likeness (QED) is 0.385. The molecule has 1 saturated carbocycles. The predicted octanol–water partition coefficient (Wildman–Crippen LogP) is 5.54. The van der Waals surface area contributed by atoms with Crippen LogP contribution in [0.3, 0.4) is 0 Å². The molecular formula is C27H39FN4O4S. The fourth-order valence-electron chi connectivity index (χ4n) is 3.82.